The zero-order valence-corrected chi connectivity index (χ0v) is 12.8. The van der Waals surface area contributed by atoms with E-state index in [9.17, 15) is 9.90 Å². The Morgan fingerprint density at radius 3 is 2.86 bits per heavy atom. The van der Waals surface area contributed by atoms with Crippen LogP contribution in [0, 0.1) is 6.92 Å². The maximum absolute atomic E-state index is 11.5. The third-order valence-electron chi connectivity index (χ3n) is 3.66. The highest BCUT2D eigenvalue weighted by atomic mass is 32.2. The molecule has 6 nitrogen and oxygen atoms in total. The van der Waals surface area contributed by atoms with Crippen molar-refractivity contribution in [2.24, 2.45) is 7.05 Å². The molecule has 1 aliphatic rings. The fourth-order valence-electron chi connectivity index (χ4n) is 2.61. The van der Waals surface area contributed by atoms with Gasteiger partial charge in [0.1, 0.15) is 0 Å². The van der Waals surface area contributed by atoms with Crippen molar-refractivity contribution in [3.8, 4) is 0 Å². The van der Waals surface area contributed by atoms with Crippen LogP contribution in [0.3, 0.4) is 0 Å². The van der Waals surface area contributed by atoms with Gasteiger partial charge >= 0.3 is 5.97 Å². The molecule has 21 heavy (non-hydrogen) atoms. The van der Waals surface area contributed by atoms with Crippen LogP contribution >= 0.6 is 11.8 Å². The van der Waals surface area contributed by atoms with E-state index in [0.29, 0.717) is 5.25 Å². The summed E-state index contributed by atoms with van der Waals surface area (Å²) in [5.41, 5.74) is 1.81. The Morgan fingerprint density at radius 2 is 2.19 bits per heavy atom. The molecule has 1 fully saturated rings. The molecular formula is C14H17N3O3S. The van der Waals surface area contributed by atoms with Crippen LogP contribution in [0.4, 0.5) is 0 Å². The van der Waals surface area contributed by atoms with Crippen LogP contribution in [0.2, 0.25) is 0 Å². The Hall–Kier alpha value is -1.60. The number of pyridine rings is 1. The van der Waals surface area contributed by atoms with Crippen molar-refractivity contribution in [3.05, 3.63) is 17.5 Å². The molecule has 1 saturated heterocycles. The number of ether oxygens (including phenoxy) is 1. The Bertz CT molecular complexity index is 692. The SMILES string of the molecule is Cc1nn(C)c2ncc(C(=O)O)c(SC3CCOCC3)c12. The van der Waals surface area contributed by atoms with E-state index in [1.54, 1.807) is 16.4 Å². The molecule has 2 aromatic heterocycles. The summed E-state index contributed by atoms with van der Waals surface area (Å²) in [5.74, 6) is -0.942. The zero-order chi connectivity index (χ0) is 15.0. The molecule has 7 heteroatoms. The predicted octanol–water partition coefficient (Wildman–Crippen LogP) is 2.25. The fraction of sp³-hybridized carbons (Fsp3) is 0.500. The first-order chi connectivity index (χ1) is 10.1. The lowest BCUT2D eigenvalue weighted by molar-refractivity contribution is 0.0693. The maximum atomic E-state index is 11.5. The Balaban J connectivity index is 2.11. The van der Waals surface area contributed by atoms with Crippen LogP contribution in [0.25, 0.3) is 11.0 Å². The lowest BCUT2D eigenvalue weighted by Crippen LogP contribution is -2.18. The van der Waals surface area contributed by atoms with E-state index in [4.69, 9.17) is 4.74 Å². The number of aromatic nitrogens is 3. The van der Waals surface area contributed by atoms with Crippen molar-refractivity contribution in [2.75, 3.05) is 13.2 Å². The zero-order valence-electron chi connectivity index (χ0n) is 12.0. The normalized spacial score (nSPS) is 16.5. The molecule has 0 saturated carbocycles. The molecule has 0 unspecified atom stereocenters. The van der Waals surface area contributed by atoms with Crippen LogP contribution in [0.15, 0.2) is 11.1 Å². The molecule has 1 aliphatic heterocycles. The molecule has 1 N–H and O–H groups in total. The Labute approximate surface area is 126 Å². The minimum absolute atomic E-state index is 0.259. The summed E-state index contributed by atoms with van der Waals surface area (Å²) < 4.78 is 7.07. The monoisotopic (exact) mass is 307 g/mol. The first kappa shape index (κ1) is 14.3. The van der Waals surface area contributed by atoms with Gasteiger partial charge in [-0.2, -0.15) is 5.10 Å². The largest absolute Gasteiger partial charge is 0.478 e. The van der Waals surface area contributed by atoms with E-state index in [2.05, 4.69) is 10.1 Å². The summed E-state index contributed by atoms with van der Waals surface area (Å²) in [6.07, 6.45) is 3.31. The van der Waals surface area contributed by atoms with Crippen molar-refractivity contribution in [1.29, 1.82) is 0 Å². The molecular weight excluding hydrogens is 290 g/mol. The van der Waals surface area contributed by atoms with Crippen molar-refractivity contribution in [3.63, 3.8) is 0 Å². The minimum Gasteiger partial charge on any atom is -0.478 e. The predicted molar refractivity (Wildman–Crippen MR) is 79.9 cm³/mol. The van der Waals surface area contributed by atoms with Gasteiger partial charge in [-0.1, -0.05) is 0 Å². The van der Waals surface area contributed by atoms with Crippen LogP contribution in [-0.4, -0.2) is 44.3 Å². The van der Waals surface area contributed by atoms with Gasteiger partial charge in [-0.3, -0.25) is 4.68 Å². The highest BCUT2D eigenvalue weighted by molar-refractivity contribution is 8.00. The van der Waals surface area contributed by atoms with E-state index in [1.807, 2.05) is 14.0 Å². The number of thioether (sulfide) groups is 1. The fourth-order valence-corrected chi connectivity index (χ4v) is 4.00. The minimum atomic E-state index is -0.942. The van der Waals surface area contributed by atoms with E-state index >= 15 is 0 Å². The van der Waals surface area contributed by atoms with E-state index < -0.39 is 5.97 Å². The molecule has 0 bridgehead atoms. The van der Waals surface area contributed by atoms with Crippen LogP contribution in [0.1, 0.15) is 28.9 Å². The summed E-state index contributed by atoms with van der Waals surface area (Å²) in [7, 11) is 1.83. The van der Waals surface area contributed by atoms with Gasteiger partial charge in [0.05, 0.1) is 16.6 Å². The van der Waals surface area contributed by atoms with Gasteiger partial charge in [0.25, 0.3) is 0 Å². The van der Waals surface area contributed by atoms with E-state index in [1.165, 1.54) is 6.20 Å². The van der Waals surface area contributed by atoms with E-state index in [-0.39, 0.29) is 5.56 Å². The summed E-state index contributed by atoms with van der Waals surface area (Å²) in [6, 6.07) is 0. The van der Waals surface area contributed by atoms with E-state index in [0.717, 1.165) is 47.7 Å². The number of hydrogen-bond donors (Lipinski definition) is 1. The number of fused-ring (bicyclic) bond motifs is 1. The quantitative estimate of drug-likeness (QED) is 0.937. The smallest absolute Gasteiger partial charge is 0.338 e. The number of carboxylic acid groups (broad SMARTS) is 1. The number of hydrogen-bond acceptors (Lipinski definition) is 5. The molecule has 0 radical (unpaired) electrons. The van der Waals surface area contributed by atoms with Crippen molar-refractivity contribution in [1.82, 2.24) is 14.8 Å². The second-order valence-electron chi connectivity index (χ2n) is 5.14. The molecule has 0 aliphatic carbocycles. The highest BCUT2D eigenvalue weighted by Gasteiger charge is 2.24. The molecule has 0 atom stereocenters. The van der Waals surface area contributed by atoms with Crippen LogP contribution in [0.5, 0.6) is 0 Å². The molecule has 2 aromatic rings. The molecule has 3 heterocycles. The first-order valence-electron chi connectivity index (χ1n) is 6.88. The summed E-state index contributed by atoms with van der Waals surface area (Å²) in [4.78, 5) is 16.6. The van der Waals surface area contributed by atoms with Gasteiger partial charge in [0.15, 0.2) is 5.65 Å². The summed E-state index contributed by atoms with van der Waals surface area (Å²) >= 11 is 1.62. The molecule has 0 aromatic carbocycles. The lowest BCUT2D eigenvalue weighted by atomic mass is 10.2. The average molecular weight is 307 g/mol. The number of aryl methyl sites for hydroxylation is 2. The van der Waals surface area contributed by atoms with Gasteiger partial charge in [-0.25, -0.2) is 9.78 Å². The van der Waals surface area contributed by atoms with Gasteiger partial charge in [-0.15, -0.1) is 11.8 Å². The first-order valence-corrected chi connectivity index (χ1v) is 7.76. The molecule has 0 amide bonds. The van der Waals surface area contributed by atoms with Crippen molar-refractivity contribution >= 4 is 28.8 Å². The topological polar surface area (TPSA) is 77.2 Å². The van der Waals surface area contributed by atoms with Gasteiger partial charge in [0, 0.05) is 36.6 Å². The molecule has 3 rings (SSSR count). The van der Waals surface area contributed by atoms with Gasteiger partial charge in [-0.05, 0) is 19.8 Å². The number of carbonyl (C=O) groups is 1. The van der Waals surface area contributed by atoms with Gasteiger partial charge < -0.3 is 9.84 Å². The molecule has 0 spiro atoms. The van der Waals surface area contributed by atoms with Crippen molar-refractivity contribution < 1.29 is 14.6 Å². The number of nitrogens with zero attached hydrogens (tertiary/aromatic N) is 3. The number of rotatable bonds is 3. The third kappa shape index (κ3) is 2.63. The Kier molecular flexibility index (Phi) is 3.86. The average Bonchev–Trinajstić information content (AvgIpc) is 2.75. The second-order valence-corrected chi connectivity index (χ2v) is 6.45. The summed E-state index contributed by atoms with van der Waals surface area (Å²) in [5, 5.41) is 15.0. The van der Waals surface area contributed by atoms with Crippen LogP contribution in [-0.2, 0) is 11.8 Å². The van der Waals surface area contributed by atoms with Crippen LogP contribution < -0.4 is 0 Å². The maximum Gasteiger partial charge on any atom is 0.338 e. The lowest BCUT2D eigenvalue weighted by Gasteiger charge is -2.22. The van der Waals surface area contributed by atoms with Gasteiger partial charge in [0.2, 0.25) is 0 Å². The summed E-state index contributed by atoms with van der Waals surface area (Å²) in [6.45, 7) is 3.37. The number of carboxylic acids is 1. The second kappa shape index (κ2) is 5.65. The Morgan fingerprint density at radius 1 is 1.48 bits per heavy atom. The standard InChI is InChI=1S/C14H17N3O3S/c1-8-11-12(21-9-3-5-20-6-4-9)10(14(18)19)7-15-13(11)17(2)16-8/h7,9H,3-6H2,1-2H3,(H,18,19). The number of aromatic carboxylic acids is 1. The van der Waals surface area contributed by atoms with Crippen molar-refractivity contribution in [2.45, 2.75) is 29.9 Å². The molecule has 112 valence electrons. The third-order valence-corrected chi connectivity index (χ3v) is 5.13. The highest BCUT2D eigenvalue weighted by Crippen LogP contribution is 2.37.